The van der Waals surface area contributed by atoms with Crippen LogP contribution in [0.15, 0.2) is 6.07 Å². The molecular weight excluding hydrogens is 285 g/mol. The molecule has 1 rings (SSSR count). The molecule has 0 aliphatic carbocycles. The monoisotopic (exact) mass is 306 g/mol. The van der Waals surface area contributed by atoms with Crippen molar-refractivity contribution < 1.29 is 18.3 Å². The minimum atomic E-state index is -4.52. The molecule has 0 aromatic carbocycles. The predicted molar refractivity (Wildman–Crippen MR) is 75.4 cm³/mol. The third kappa shape index (κ3) is 5.74. The Labute approximate surface area is 122 Å². The highest BCUT2D eigenvalue weighted by molar-refractivity contribution is 5.45. The van der Waals surface area contributed by atoms with Crippen molar-refractivity contribution in [1.29, 1.82) is 0 Å². The van der Waals surface area contributed by atoms with E-state index in [1.165, 1.54) is 0 Å². The molecule has 0 saturated carbocycles. The van der Waals surface area contributed by atoms with E-state index in [0.29, 0.717) is 19.5 Å². The van der Waals surface area contributed by atoms with Crippen LogP contribution in [-0.4, -0.2) is 41.3 Å². The van der Waals surface area contributed by atoms with Gasteiger partial charge >= 0.3 is 6.18 Å². The average molecular weight is 306 g/mol. The lowest BCUT2D eigenvalue weighted by molar-refractivity contribution is -0.141. The Morgan fingerprint density at radius 3 is 2.57 bits per heavy atom. The molecule has 8 heteroatoms. The van der Waals surface area contributed by atoms with Crippen LogP contribution in [0.5, 0.6) is 0 Å². The first-order valence-electron chi connectivity index (χ1n) is 6.83. The number of aromatic nitrogens is 2. The molecule has 1 atom stereocenters. The fraction of sp³-hybridized carbons (Fsp3) is 0.692. The van der Waals surface area contributed by atoms with E-state index in [0.717, 1.165) is 12.5 Å². The molecule has 0 aliphatic heterocycles. The summed E-state index contributed by atoms with van der Waals surface area (Å²) in [6.07, 6.45) is -3.84. The van der Waals surface area contributed by atoms with Gasteiger partial charge in [-0.3, -0.25) is 0 Å². The van der Waals surface area contributed by atoms with Crippen molar-refractivity contribution >= 4 is 11.8 Å². The first kappa shape index (κ1) is 17.5. The largest absolute Gasteiger partial charge is 0.433 e. The molecule has 1 heterocycles. The Kier molecular flexibility index (Phi) is 6.19. The summed E-state index contributed by atoms with van der Waals surface area (Å²) in [6.45, 7) is 4.43. The molecule has 0 amide bonds. The van der Waals surface area contributed by atoms with Crippen LogP contribution in [0.1, 0.15) is 32.4 Å². The highest BCUT2D eigenvalue weighted by atomic mass is 19.4. The van der Waals surface area contributed by atoms with Gasteiger partial charge < -0.3 is 15.3 Å². The lowest BCUT2D eigenvalue weighted by Crippen LogP contribution is -2.24. The average Bonchev–Trinajstić information content (AvgIpc) is 2.41. The number of hydrogen-bond donors (Lipinski definition) is 2. The first-order valence-corrected chi connectivity index (χ1v) is 6.83. The summed E-state index contributed by atoms with van der Waals surface area (Å²) in [5.74, 6) is 0.141. The number of aliphatic hydroxyl groups is 1. The Bertz CT molecular complexity index is 452. The minimum absolute atomic E-state index is 0.0365. The number of aliphatic hydroxyl groups excluding tert-OH is 1. The van der Waals surface area contributed by atoms with Crippen molar-refractivity contribution in [2.24, 2.45) is 0 Å². The zero-order valence-corrected chi connectivity index (χ0v) is 12.4. The number of hydrogen-bond acceptors (Lipinski definition) is 5. The van der Waals surface area contributed by atoms with Crippen LogP contribution in [0, 0.1) is 0 Å². The highest BCUT2D eigenvalue weighted by Crippen LogP contribution is 2.30. The molecule has 1 aromatic rings. The fourth-order valence-electron chi connectivity index (χ4n) is 1.59. The van der Waals surface area contributed by atoms with Crippen LogP contribution in [0.2, 0.25) is 0 Å². The van der Waals surface area contributed by atoms with Crippen molar-refractivity contribution in [2.45, 2.75) is 39.0 Å². The molecule has 2 N–H and O–H groups in total. The van der Waals surface area contributed by atoms with E-state index in [4.69, 9.17) is 0 Å². The fourth-order valence-corrected chi connectivity index (χ4v) is 1.59. The molecule has 5 nitrogen and oxygen atoms in total. The number of anilines is 2. The van der Waals surface area contributed by atoms with Crippen LogP contribution >= 0.6 is 0 Å². The Balaban J connectivity index is 3.00. The lowest BCUT2D eigenvalue weighted by atomic mass is 10.2. The maximum atomic E-state index is 12.9. The van der Waals surface area contributed by atoms with Crippen molar-refractivity contribution in [3.63, 3.8) is 0 Å². The predicted octanol–water partition coefficient (Wildman–Crippen LogP) is 2.52. The van der Waals surface area contributed by atoms with E-state index in [2.05, 4.69) is 15.3 Å². The van der Waals surface area contributed by atoms with Gasteiger partial charge in [0, 0.05) is 26.2 Å². The van der Waals surface area contributed by atoms with E-state index >= 15 is 0 Å². The molecule has 0 bridgehead atoms. The zero-order chi connectivity index (χ0) is 16.0. The minimum Gasteiger partial charge on any atom is -0.393 e. The van der Waals surface area contributed by atoms with Gasteiger partial charge in [-0.1, -0.05) is 6.92 Å². The van der Waals surface area contributed by atoms with Crippen LogP contribution in [0.4, 0.5) is 24.9 Å². The molecule has 1 unspecified atom stereocenters. The van der Waals surface area contributed by atoms with E-state index in [9.17, 15) is 18.3 Å². The standard InChI is InChI=1S/C13H21F3N4O/c1-4-6-17-12-18-10(13(14,15)16)8-11(19-12)20(3)7-5-9(2)21/h8-9,21H,4-7H2,1-3H3,(H,17,18,19). The second kappa shape index (κ2) is 7.44. The van der Waals surface area contributed by atoms with Crippen molar-refractivity contribution in [2.75, 3.05) is 30.4 Å². The SMILES string of the molecule is CCCNc1nc(N(C)CCC(C)O)cc(C(F)(F)F)n1. The van der Waals surface area contributed by atoms with Gasteiger partial charge in [0.05, 0.1) is 6.10 Å². The zero-order valence-electron chi connectivity index (χ0n) is 12.4. The lowest BCUT2D eigenvalue weighted by Gasteiger charge is -2.21. The smallest absolute Gasteiger partial charge is 0.393 e. The number of nitrogens with zero attached hydrogens (tertiary/aromatic N) is 3. The molecule has 0 spiro atoms. The van der Waals surface area contributed by atoms with E-state index in [1.54, 1.807) is 18.9 Å². The second-order valence-electron chi connectivity index (χ2n) is 4.92. The topological polar surface area (TPSA) is 61.3 Å². The molecule has 120 valence electrons. The van der Waals surface area contributed by atoms with Crippen molar-refractivity contribution in [1.82, 2.24) is 9.97 Å². The van der Waals surface area contributed by atoms with Crippen LogP contribution in [0.25, 0.3) is 0 Å². The number of rotatable bonds is 7. The van der Waals surface area contributed by atoms with Gasteiger partial charge in [0.25, 0.3) is 0 Å². The van der Waals surface area contributed by atoms with Gasteiger partial charge in [0.1, 0.15) is 5.82 Å². The van der Waals surface area contributed by atoms with Crippen LogP contribution in [0.3, 0.4) is 0 Å². The molecule has 0 radical (unpaired) electrons. The summed E-state index contributed by atoms with van der Waals surface area (Å²) in [5, 5.41) is 12.0. The number of alkyl halides is 3. The van der Waals surface area contributed by atoms with Crippen LogP contribution in [-0.2, 0) is 6.18 Å². The number of halogens is 3. The Morgan fingerprint density at radius 2 is 2.05 bits per heavy atom. The van der Waals surface area contributed by atoms with Gasteiger partial charge in [-0.05, 0) is 19.8 Å². The summed E-state index contributed by atoms with van der Waals surface area (Å²) in [7, 11) is 1.63. The molecule has 0 saturated heterocycles. The summed E-state index contributed by atoms with van der Waals surface area (Å²) in [5.41, 5.74) is -0.977. The van der Waals surface area contributed by atoms with Gasteiger partial charge in [-0.25, -0.2) is 4.98 Å². The summed E-state index contributed by atoms with van der Waals surface area (Å²) >= 11 is 0. The van der Waals surface area contributed by atoms with Gasteiger partial charge in [0.15, 0.2) is 5.69 Å². The maximum Gasteiger partial charge on any atom is 0.433 e. The Hall–Kier alpha value is -1.57. The third-order valence-corrected chi connectivity index (χ3v) is 2.81. The third-order valence-electron chi connectivity index (χ3n) is 2.81. The molecule has 0 aliphatic rings. The maximum absolute atomic E-state index is 12.9. The molecule has 21 heavy (non-hydrogen) atoms. The van der Waals surface area contributed by atoms with Gasteiger partial charge in [-0.2, -0.15) is 18.2 Å². The first-order chi connectivity index (χ1) is 9.74. The van der Waals surface area contributed by atoms with Crippen molar-refractivity contribution in [3.8, 4) is 0 Å². The normalized spacial score (nSPS) is 13.1. The van der Waals surface area contributed by atoms with Crippen LogP contribution < -0.4 is 10.2 Å². The molecular formula is C13H21F3N4O. The quantitative estimate of drug-likeness (QED) is 0.810. The number of nitrogens with one attached hydrogen (secondary N) is 1. The van der Waals surface area contributed by atoms with Gasteiger partial charge in [0.2, 0.25) is 5.95 Å². The van der Waals surface area contributed by atoms with E-state index < -0.39 is 18.0 Å². The Morgan fingerprint density at radius 1 is 1.38 bits per heavy atom. The summed E-state index contributed by atoms with van der Waals surface area (Å²) in [4.78, 5) is 9.15. The summed E-state index contributed by atoms with van der Waals surface area (Å²) < 4.78 is 38.6. The highest BCUT2D eigenvalue weighted by Gasteiger charge is 2.34. The van der Waals surface area contributed by atoms with E-state index in [1.807, 2.05) is 6.92 Å². The molecule has 0 fully saturated rings. The summed E-state index contributed by atoms with van der Waals surface area (Å²) in [6, 6.07) is 0.916. The molecule has 1 aromatic heterocycles. The van der Waals surface area contributed by atoms with Crippen molar-refractivity contribution in [3.05, 3.63) is 11.8 Å². The van der Waals surface area contributed by atoms with Gasteiger partial charge in [-0.15, -0.1) is 0 Å². The second-order valence-corrected chi connectivity index (χ2v) is 4.92. The van der Waals surface area contributed by atoms with E-state index in [-0.39, 0.29) is 11.8 Å².